The van der Waals surface area contributed by atoms with Crippen LogP contribution in [-0.2, 0) is 9.53 Å². The zero-order valence-corrected chi connectivity index (χ0v) is 9.58. The third kappa shape index (κ3) is 1.59. The van der Waals surface area contributed by atoms with Crippen LogP contribution in [0, 0.1) is 0 Å². The summed E-state index contributed by atoms with van der Waals surface area (Å²) in [7, 11) is 0. The van der Waals surface area contributed by atoms with Crippen molar-refractivity contribution in [3.8, 4) is 0 Å². The van der Waals surface area contributed by atoms with Crippen molar-refractivity contribution in [2.24, 2.45) is 0 Å². The van der Waals surface area contributed by atoms with Gasteiger partial charge < -0.3 is 9.64 Å². The topological polar surface area (TPSA) is 29.5 Å². The molecule has 1 aliphatic heterocycles. The fraction of sp³-hybridized carbons (Fsp3) is 0.500. The molecule has 2 aliphatic rings. The van der Waals surface area contributed by atoms with Gasteiger partial charge in [-0.1, -0.05) is 15.9 Å². The first-order valence-electron chi connectivity index (χ1n) is 4.66. The number of nitrogens with zero attached hydrogens (tertiary/aromatic N) is 1. The van der Waals surface area contributed by atoms with Crippen LogP contribution in [0.3, 0.4) is 0 Å². The largest absolute Gasteiger partial charge is 0.469 e. The van der Waals surface area contributed by atoms with Crippen molar-refractivity contribution >= 4 is 21.7 Å². The minimum atomic E-state index is 0.0379. The number of carbonyl (C=O) groups is 1. The Kier molecular flexibility index (Phi) is 2.63. The van der Waals surface area contributed by atoms with Gasteiger partial charge in [-0.2, -0.15) is 0 Å². The van der Waals surface area contributed by atoms with E-state index in [-0.39, 0.29) is 12.0 Å². The summed E-state index contributed by atoms with van der Waals surface area (Å²) in [5, 5.41) is 0.902. The molecule has 1 saturated heterocycles. The number of hydrogen-bond acceptors (Lipinski definition) is 3. The van der Waals surface area contributed by atoms with Crippen LogP contribution < -0.4 is 0 Å². The van der Waals surface area contributed by atoms with Crippen molar-refractivity contribution in [1.82, 2.24) is 4.90 Å². The minimum absolute atomic E-state index is 0.0379. The molecule has 0 aromatic rings. The van der Waals surface area contributed by atoms with E-state index in [0.29, 0.717) is 6.42 Å². The third-order valence-corrected chi connectivity index (χ3v) is 2.77. The highest BCUT2D eigenvalue weighted by Gasteiger charge is 2.31. The van der Waals surface area contributed by atoms with Crippen LogP contribution in [-0.4, -0.2) is 28.8 Å². The Labute approximate surface area is 91.5 Å². The molecule has 0 N–H and O–H groups in total. The number of allylic oxidation sites excluding steroid dienone is 2. The Hall–Kier alpha value is -0.770. The van der Waals surface area contributed by atoms with E-state index in [0.717, 1.165) is 23.3 Å². The number of hydrogen-bond donors (Lipinski definition) is 0. The molecule has 1 aliphatic carbocycles. The molecule has 1 unspecified atom stereocenters. The van der Waals surface area contributed by atoms with Crippen LogP contribution in [0.25, 0.3) is 0 Å². The summed E-state index contributed by atoms with van der Waals surface area (Å²) >= 11 is 3.40. The monoisotopic (exact) mass is 257 g/mol. The van der Waals surface area contributed by atoms with Gasteiger partial charge in [0.1, 0.15) is 5.76 Å². The summed E-state index contributed by atoms with van der Waals surface area (Å²) in [6.07, 6.45) is 4.08. The molecule has 1 fully saturated rings. The first-order chi connectivity index (χ1) is 6.72. The van der Waals surface area contributed by atoms with E-state index in [2.05, 4.69) is 20.8 Å². The van der Waals surface area contributed by atoms with Crippen LogP contribution in [0.1, 0.15) is 13.3 Å². The maximum Gasteiger partial charge on any atom is 0.169 e. The molecule has 0 aromatic carbocycles. The summed E-state index contributed by atoms with van der Waals surface area (Å²) < 4.78 is 5.58. The fourth-order valence-corrected chi connectivity index (χ4v) is 2.15. The molecule has 2 rings (SSSR count). The Morgan fingerprint density at radius 2 is 2.50 bits per heavy atom. The Morgan fingerprint density at radius 3 is 3.21 bits per heavy atom. The van der Waals surface area contributed by atoms with Gasteiger partial charge in [0, 0.05) is 24.4 Å². The van der Waals surface area contributed by atoms with Crippen molar-refractivity contribution in [3.05, 3.63) is 23.6 Å². The van der Waals surface area contributed by atoms with Crippen molar-refractivity contribution in [2.75, 3.05) is 11.9 Å². The van der Waals surface area contributed by atoms with Crippen LogP contribution in [0.15, 0.2) is 23.6 Å². The Balaban J connectivity index is 2.24. The molecule has 0 bridgehead atoms. The molecular formula is C10H12BrNO2. The highest BCUT2D eigenvalue weighted by Crippen LogP contribution is 2.32. The van der Waals surface area contributed by atoms with Gasteiger partial charge in [-0.25, -0.2) is 0 Å². The summed E-state index contributed by atoms with van der Waals surface area (Å²) in [5.74, 6) is 0.853. The van der Waals surface area contributed by atoms with Gasteiger partial charge >= 0.3 is 0 Å². The molecule has 0 spiro atoms. The normalized spacial score (nSPS) is 25.4. The van der Waals surface area contributed by atoms with E-state index in [4.69, 9.17) is 4.74 Å². The van der Waals surface area contributed by atoms with Crippen LogP contribution in [0.2, 0.25) is 0 Å². The summed E-state index contributed by atoms with van der Waals surface area (Å²) in [5.41, 5.74) is 1.07. The lowest BCUT2D eigenvalue weighted by atomic mass is 10.1. The van der Waals surface area contributed by atoms with Gasteiger partial charge in [0.05, 0.1) is 5.70 Å². The number of rotatable bonds is 2. The predicted molar refractivity (Wildman–Crippen MR) is 56.8 cm³/mol. The SMILES string of the molecule is CC1OC2=CC(=O)CC=C2N1CCBr. The van der Waals surface area contributed by atoms with Crippen LogP contribution in [0.4, 0.5) is 0 Å². The van der Waals surface area contributed by atoms with Gasteiger partial charge in [-0.15, -0.1) is 0 Å². The average molecular weight is 258 g/mol. The first-order valence-corrected chi connectivity index (χ1v) is 5.79. The molecule has 4 heteroatoms. The van der Waals surface area contributed by atoms with E-state index in [1.165, 1.54) is 0 Å². The van der Waals surface area contributed by atoms with E-state index in [1.807, 2.05) is 13.0 Å². The average Bonchev–Trinajstić information content (AvgIpc) is 2.43. The van der Waals surface area contributed by atoms with E-state index >= 15 is 0 Å². The Morgan fingerprint density at radius 1 is 1.71 bits per heavy atom. The zero-order chi connectivity index (χ0) is 10.1. The van der Waals surface area contributed by atoms with Gasteiger partial charge in [-0.3, -0.25) is 4.79 Å². The van der Waals surface area contributed by atoms with Gasteiger partial charge in [-0.05, 0) is 13.0 Å². The molecule has 0 aromatic heterocycles. The van der Waals surface area contributed by atoms with Crippen molar-refractivity contribution in [2.45, 2.75) is 19.6 Å². The number of fused-ring (bicyclic) bond motifs is 1. The highest BCUT2D eigenvalue weighted by atomic mass is 79.9. The number of alkyl halides is 1. The standard InChI is InChI=1S/C10H12BrNO2/c1-7-12(5-4-11)9-3-2-8(13)6-10(9)14-7/h3,6-7H,2,4-5H2,1H3. The lowest BCUT2D eigenvalue weighted by Crippen LogP contribution is -2.28. The first kappa shape index (κ1) is 9.77. The van der Waals surface area contributed by atoms with Crippen molar-refractivity contribution in [1.29, 1.82) is 0 Å². The van der Waals surface area contributed by atoms with Crippen molar-refractivity contribution < 1.29 is 9.53 Å². The van der Waals surface area contributed by atoms with Crippen molar-refractivity contribution in [3.63, 3.8) is 0 Å². The molecule has 1 atom stereocenters. The molecule has 76 valence electrons. The smallest absolute Gasteiger partial charge is 0.169 e. The summed E-state index contributed by atoms with van der Waals surface area (Å²) in [6, 6.07) is 0. The molecule has 14 heavy (non-hydrogen) atoms. The van der Waals surface area contributed by atoms with Crippen LogP contribution >= 0.6 is 15.9 Å². The van der Waals surface area contributed by atoms with E-state index < -0.39 is 0 Å². The molecule has 0 radical (unpaired) electrons. The summed E-state index contributed by atoms with van der Waals surface area (Å²) in [4.78, 5) is 13.3. The Bertz CT molecular complexity index is 322. The quantitative estimate of drug-likeness (QED) is 0.707. The number of ketones is 1. The lowest BCUT2D eigenvalue weighted by Gasteiger charge is -2.20. The van der Waals surface area contributed by atoms with Gasteiger partial charge in [0.25, 0.3) is 0 Å². The number of halogens is 1. The van der Waals surface area contributed by atoms with E-state index in [1.54, 1.807) is 6.08 Å². The van der Waals surface area contributed by atoms with Gasteiger partial charge in [0.15, 0.2) is 12.0 Å². The molecule has 0 saturated carbocycles. The lowest BCUT2D eigenvalue weighted by molar-refractivity contribution is -0.114. The predicted octanol–water partition coefficient (Wildman–Crippen LogP) is 1.80. The second-order valence-corrected chi connectivity index (χ2v) is 4.16. The molecule has 0 amide bonds. The zero-order valence-electron chi connectivity index (χ0n) is 8.00. The second-order valence-electron chi connectivity index (χ2n) is 3.37. The number of ether oxygens (including phenoxy) is 1. The molecular weight excluding hydrogens is 246 g/mol. The fourth-order valence-electron chi connectivity index (χ4n) is 1.77. The maximum absolute atomic E-state index is 11.1. The summed E-state index contributed by atoms with van der Waals surface area (Å²) in [6.45, 7) is 2.89. The van der Waals surface area contributed by atoms with Gasteiger partial charge in [0.2, 0.25) is 0 Å². The molecule has 1 heterocycles. The van der Waals surface area contributed by atoms with Crippen LogP contribution in [0.5, 0.6) is 0 Å². The molecule has 3 nitrogen and oxygen atoms in total. The highest BCUT2D eigenvalue weighted by molar-refractivity contribution is 9.09. The second kappa shape index (κ2) is 3.77. The minimum Gasteiger partial charge on any atom is -0.469 e. The maximum atomic E-state index is 11.1. The number of carbonyl (C=O) groups excluding carboxylic acids is 1. The third-order valence-electron chi connectivity index (χ3n) is 2.41. The van der Waals surface area contributed by atoms with E-state index in [9.17, 15) is 4.79 Å².